The maximum absolute atomic E-state index is 12.6. The molecule has 5 nitrogen and oxygen atoms in total. The van der Waals surface area contributed by atoms with Gasteiger partial charge in [0, 0.05) is 54.1 Å². The zero-order chi connectivity index (χ0) is 20.8. The van der Waals surface area contributed by atoms with E-state index < -0.39 is 0 Å². The largest absolute Gasteiger partial charge is 0.483 e. The molecular formula is C25H29N3O2. The number of amides is 1. The number of carbonyl (C=O) groups is 1. The summed E-state index contributed by atoms with van der Waals surface area (Å²) in [6, 6.07) is 10.0. The van der Waals surface area contributed by atoms with Crippen LogP contribution in [0.2, 0.25) is 0 Å². The molecule has 0 atom stereocenters. The number of hydrogen-bond acceptors (Lipinski definition) is 4. The van der Waals surface area contributed by atoms with Gasteiger partial charge in [-0.15, -0.1) is 0 Å². The van der Waals surface area contributed by atoms with E-state index in [1.807, 2.05) is 4.90 Å². The third-order valence-electron chi connectivity index (χ3n) is 6.73. The molecule has 2 fully saturated rings. The summed E-state index contributed by atoms with van der Waals surface area (Å²) in [6.45, 7) is 9.02. The number of para-hydroxylation sites is 1. The van der Waals surface area contributed by atoms with E-state index in [1.54, 1.807) is 24.5 Å². The molecule has 1 aromatic heterocycles. The van der Waals surface area contributed by atoms with Crippen molar-refractivity contribution < 1.29 is 9.53 Å². The molecule has 2 saturated heterocycles. The lowest BCUT2D eigenvalue weighted by Gasteiger charge is -2.54. The Labute approximate surface area is 178 Å². The lowest BCUT2D eigenvalue weighted by Crippen LogP contribution is -2.61. The number of nitrogens with zero attached hydrogens (tertiary/aromatic N) is 3. The molecule has 0 bridgehead atoms. The van der Waals surface area contributed by atoms with Gasteiger partial charge in [0.25, 0.3) is 5.91 Å². The highest BCUT2D eigenvalue weighted by molar-refractivity contribution is 5.94. The van der Waals surface area contributed by atoms with Crippen LogP contribution in [0.4, 0.5) is 0 Å². The highest BCUT2D eigenvalue weighted by Gasteiger charge is 2.46. The molecule has 0 radical (unpaired) electrons. The second kappa shape index (κ2) is 7.24. The van der Waals surface area contributed by atoms with Crippen molar-refractivity contribution >= 4 is 12.0 Å². The summed E-state index contributed by atoms with van der Waals surface area (Å²) in [5.41, 5.74) is 3.22. The number of aromatic nitrogens is 1. The van der Waals surface area contributed by atoms with Crippen molar-refractivity contribution in [1.82, 2.24) is 14.8 Å². The number of carbonyl (C=O) groups excluding carboxylic acids is 1. The van der Waals surface area contributed by atoms with Crippen molar-refractivity contribution in [3.05, 3.63) is 65.5 Å². The summed E-state index contributed by atoms with van der Waals surface area (Å²) in [4.78, 5) is 21.1. The SMILES string of the molecule is CC1(C)C=Cc2cccc(CN3CCC4(CC3)CN(C(=O)c3ccncc3)C4)c2O1. The smallest absolute Gasteiger partial charge is 0.254 e. The van der Waals surface area contributed by atoms with Gasteiger partial charge in [0.15, 0.2) is 0 Å². The molecule has 1 amide bonds. The Kier molecular flexibility index (Phi) is 4.66. The molecule has 0 N–H and O–H groups in total. The average Bonchev–Trinajstić information content (AvgIpc) is 2.73. The molecule has 1 spiro atoms. The van der Waals surface area contributed by atoms with Crippen molar-refractivity contribution in [1.29, 1.82) is 0 Å². The number of likely N-dealkylation sites (tertiary alicyclic amines) is 2. The maximum Gasteiger partial charge on any atom is 0.254 e. The normalized spacial score (nSPS) is 21.6. The number of hydrogen-bond donors (Lipinski definition) is 0. The summed E-state index contributed by atoms with van der Waals surface area (Å²) >= 11 is 0. The van der Waals surface area contributed by atoms with Crippen LogP contribution in [0.25, 0.3) is 6.08 Å². The van der Waals surface area contributed by atoms with Gasteiger partial charge in [-0.2, -0.15) is 0 Å². The first-order valence-electron chi connectivity index (χ1n) is 10.9. The Morgan fingerprint density at radius 2 is 1.83 bits per heavy atom. The maximum atomic E-state index is 12.6. The van der Waals surface area contributed by atoms with Crippen molar-refractivity contribution in [3.63, 3.8) is 0 Å². The Morgan fingerprint density at radius 1 is 1.10 bits per heavy atom. The third-order valence-corrected chi connectivity index (χ3v) is 6.73. The molecule has 0 saturated carbocycles. The van der Waals surface area contributed by atoms with E-state index in [4.69, 9.17) is 4.74 Å². The monoisotopic (exact) mass is 403 g/mol. The molecule has 1 aromatic carbocycles. The first-order valence-corrected chi connectivity index (χ1v) is 10.9. The van der Waals surface area contributed by atoms with Crippen LogP contribution in [0, 0.1) is 5.41 Å². The van der Waals surface area contributed by atoms with E-state index in [-0.39, 0.29) is 11.5 Å². The molecular weight excluding hydrogens is 374 g/mol. The Balaban J connectivity index is 1.19. The van der Waals surface area contributed by atoms with E-state index in [2.05, 4.69) is 54.1 Å². The fourth-order valence-corrected chi connectivity index (χ4v) is 4.90. The van der Waals surface area contributed by atoms with Crippen molar-refractivity contribution in [2.75, 3.05) is 26.2 Å². The zero-order valence-corrected chi connectivity index (χ0v) is 17.8. The molecule has 0 unspecified atom stereocenters. The van der Waals surface area contributed by atoms with Crippen LogP contribution in [0.5, 0.6) is 5.75 Å². The second-order valence-corrected chi connectivity index (χ2v) is 9.55. The Morgan fingerprint density at radius 3 is 2.57 bits per heavy atom. The molecule has 3 aliphatic heterocycles. The van der Waals surface area contributed by atoms with Gasteiger partial charge in [-0.3, -0.25) is 14.7 Å². The average molecular weight is 404 g/mol. The Bertz CT molecular complexity index is 967. The van der Waals surface area contributed by atoms with Crippen molar-refractivity contribution in [2.45, 2.75) is 38.8 Å². The van der Waals surface area contributed by atoms with Gasteiger partial charge in [0.1, 0.15) is 11.4 Å². The van der Waals surface area contributed by atoms with Gasteiger partial charge in [-0.25, -0.2) is 0 Å². The van der Waals surface area contributed by atoms with E-state index in [9.17, 15) is 4.79 Å². The van der Waals surface area contributed by atoms with Gasteiger partial charge in [-0.1, -0.05) is 24.3 Å². The lowest BCUT2D eigenvalue weighted by atomic mass is 9.71. The molecule has 5 heteroatoms. The van der Waals surface area contributed by atoms with Crippen LogP contribution in [0.3, 0.4) is 0 Å². The van der Waals surface area contributed by atoms with Crippen LogP contribution in [-0.4, -0.2) is 52.5 Å². The molecule has 2 aromatic rings. The van der Waals surface area contributed by atoms with Crippen LogP contribution in [-0.2, 0) is 6.54 Å². The van der Waals surface area contributed by atoms with Gasteiger partial charge in [0.2, 0.25) is 0 Å². The van der Waals surface area contributed by atoms with Crippen LogP contribution < -0.4 is 4.74 Å². The standard InChI is InChI=1S/C25H29N3O2/c1-24(2)9-6-19-4-3-5-21(22(19)30-24)16-27-14-10-25(11-15-27)17-28(18-25)23(29)20-7-12-26-13-8-20/h3-9,12-13H,10-11,14-18H2,1-2H3. The van der Waals surface area contributed by atoms with Crippen LogP contribution in [0.1, 0.15) is 48.2 Å². The lowest BCUT2D eigenvalue weighted by molar-refractivity contribution is -0.0338. The second-order valence-electron chi connectivity index (χ2n) is 9.55. The van der Waals surface area contributed by atoms with E-state index in [0.717, 1.165) is 56.9 Å². The predicted octanol–water partition coefficient (Wildman–Crippen LogP) is 4.00. The minimum absolute atomic E-state index is 0.134. The number of piperidine rings is 1. The number of pyridine rings is 1. The molecule has 4 heterocycles. The number of rotatable bonds is 3. The minimum atomic E-state index is -0.258. The topological polar surface area (TPSA) is 45.7 Å². The summed E-state index contributed by atoms with van der Waals surface area (Å²) < 4.78 is 6.29. The number of fused-ring (bicyclic) bond motifs is 1. The number of ether oxygens (including phenoxy) is 1. The summed E-state index contributed by atoms with van der Waals surface area (Å²) in [7, 11) is 0. The summed E-state index contributed by atoms with van der Waals surface area (Å²) in [5.74, 6) is 1.16. The minimum Gasteiger partial charge on any atom is -0.483 e. The van der Waals surface area contributed by atoms with Crippen LogP contribution >= 0.6 is 0 Å². The van der Waals surface area contributed by atoms with E-state index >= 15 is 0 Å². The van der Waals surface area contributed by atoms with Gasteiger partial charge >= 0.3 is 0 Å². The van der Waals surface area contributed by atoms with Crippen molar-refractivity contribution in [3.8, 4) is 5.75 Å². The van der Waals surface area contributed by atoms with E-state index in [1.165, 1.54) is 11.1 Å². The predicted molar refractivity (Wildman–Crippen MR) is 117 cm³/mol. The fraction of sp³-hybridized carbons (Fsp3) is 0.440. The fourth-order valence-electron chi connectivity index (χ4n) is 4.90. The Hall–Kier alpha value is -2.66. The zero-order valence-electron chi connectivity index (χ0n) is 17.8. The molecule has 0 aliphatic carbocycles. The summed E-state index contributed by atoms with van der Waals surface area (Å²) in [5, 5.41) is 0. The third kappa shape index (κ3) is 3.63. The van der Waals surface area contributed by atoms with Gasteiger partial charge in [-0.05, 0) is 58.0 Å². The highest BCUT2D eigenvalue weighted by atomic mass is 16.5. The van der Waals surface area contributed by atoms with E-state index in [0.29, 0.717) is 5.41 Å². The first-order chi connectivity index (χ1) is 14.4. The highest BCUT2D eigenvalue weighted by Crippen LogP contribution is 2.42. The van der Waals surface area contributed by atoms with Crippen molar-refractivity contribution in [2.24, 2.45) is 5.41 Å². The molecule has 30 heavy (non-hydrogen) atoms. The van der Waals surface area contributed by atoms with Crippen LogP contribution in [0.15, 0.2) is 48.8 Å². The molecule has 3 aliphatic rings. The number of benzene rings is 1. The first kappa shape index (κ1) is 19.3. The van der Waals surface area contributed by atoms with Gasteiger partial charge < -0.3 is 9.64 Å². The summed E-state index contributed by atoms with van der Waals surface area (Å²) in [6.07, 6.45) is 9.97. The molecule has 156 valence electrons. The molecule has 5 rings (SSSR count). The quantitative estimate of drug-likeness (QED) is 0.777. The van der Waals surface area contributed by atoms with Gasteiger partial charge in [0.05, 0.1) is 0 Å².